The van der Waals surface area contributed by atoms with Gasteiger partial charge in [0.05, 0.1) is 13.2 Å². The fraction of sp³-hybridized carbons (Fsp3) is 0.885. The Balaban J connectivity index is 5.73. The summed E-state index contributed by atoms with van der Waals surface area (Å²) in [6, 6.07) is 0. The lowest BCUT2D eigenvalue weighted by atomic mass is 9.91. The number of carbonyl (C=O) groups excluding carboxylic acids is 6. The molecule has 0 aromatic carbocycles. The van der Waals surface area contributed by atoms with Crippen molar-refractivity contribution in [3.05, 3.63) is 0 Å². The lowest BCUT2D eigenvalue weighted by Gasteiger charge is -2.32. The van der Waals surface area contributed by atoms with E-state index < -0.39 is 29.3 Å². The van der Waals surface area contributed by atoms with E-state index >= 15 is 0 Å². The lowest BCUT2D eigenvalue weighted by Crippen LogP contribution is -2.44. The molecule has 0 atom stereocenters. The molecule has 0 amide bonds. The largest absolute Gasteiger partial charge is 0.466 e. The molecule has 0 spiro atoms. The number of carbonyl (C=O) groups is 6. The molecule has 0 saturated heterocycles. The first kappa shape index (κ1) is 61.8. The van der Waals surface area contributed by atoms with Gasteiger partial charge in [-0.3, -0.25) is 28.8 Å². The fourth-order valence-electron chi connectivity index (χ4n) is 7.31. The van der Waals surface area contributed by atoms with Crippen molar-refractivity contribution in [2.24, 2.45) is 11.3 Å². The van der Waals surface area contributed by atoms with Crippen LogP contribution in [0, 0.1) is 11.3 Å². The highest BCUT2D eigenvalue weighted by Gasteiger charge is 2.38. The van der Waals surface area contributed by atoms with Crippen LogP contribution in [-0.2, 0) is 57.2 Å². The molecule has 13 heteroatoms. The van der Waals surface area contributed by atoms with E-state index in [1.807, 2.05) is 19.0 Å². The number of hydrogen-bond donors (Lipinski definition) is 0. The van der Waals surface area contributed by atoms with Gasteiger partial charge >= 0.3 is 35.8 Å². The summed E-state index contributed by atoms with van der Waals surface area (Å²) < 4.78 is 33.9. The highest BCUT2D eigenvalue weighted by Crippen LogP contribution is 2.26. The van der Waals surface area contributed by atoms with Crippen molar-refractivity contribution in [3.63, 3.8) is 0 Å². The molecule has 0 aliphatic rings. The minimum Gasteiger partial charge on any atom is -0.466 e. The number of ether oxygens (including phenoxy) is 6. The van der Waals surface area contributed by atoms with Crippen molar-refractivity contribution in [2.45, 2.75) is 227 Å². The zero-order valence-electron chi connectivity index (χ0n) is 42.3. The van der Waals surface area contributed by atoms with Gasteiger partial charge in [-0.05, 0) is 84.3 Å². The average Bonchev–Trinajstić information content (AvgIpc) is 3.28. The predicted octanol–water partition coefficient (Wildman–Crippen LogP) is 11.6. The highest BCUT2D eigenvalue weighted by atomic mass is 16.6. The van der Waals surface area contributed by atoms with Gasteiger partial charge in [0.2, 0.25) is 0 Å². The molecule has 0 rings (SSSR count). The number of hydrogen-bond acceptors (Lipinski definition) is 13. The maximum absolute atomic E-state index is 13.5. The van der Waals surface area contributed by atoms with E-state index in [1.54, 1.807) is 0 Å². The number of esters is 6. The summed E-state index contributed by atoms with van der Waals surface area (Å²) in [5.74, 6) is -2.37. The van der Waals surface area contributed by atoms with Gasteiger partial charge in [0.1, 0.15) is 31.8 Å². The quantitative estimate of drug-likeness (QED) is 0.0322. The van der Waals surface area contributed by atoms with Crippen LogP contribution >= 0.6 is 0 Å². The highest BCUT2D eigenvalue weighted by molar-refractivity contribution is 5.72. The van der Waals surface area contributed by atoms with Crippen molar-refractivity contribution >= 4 is 35.8 Å². The van der Waals surface area contributed by atoms with Crippen LogP contribution in [0.4, 0.5) is 0 Å². The second-order valence-electron chi connectivity index (χ2n) is 18.5. The molecule has 0 radical (unpaired) electrons. The van der Waals surface area contributed by atoms with Gasteiger partial charge in [0.15, 0.2) is 0 Å². The molecule has 380 valence electrons. The van der Waals surface area contributed by atoms with Crippen molar-refractivity contribution < 1.29 is 57.2 Å². The maximum atomic E-state index is 13.5. The standard InChI is InChI=1S/C52H95NO12/c1-7-11-15-17-19-27-38-60-46(54)32-23-25-34-48(56)62-41-52(43-64-50(58)36-29-37-53(5)6,44-65-51(59)40-45(30-21-13-9-3)31-22-14-10-4)42-63-49(57)35-26-24-33-47(55)61-39-28-20-18-16-12-8-2/h45H,7-44H2,1-6H3. The van der Waals surface area contributed by atoms with Crippen LogP contribution in [0.1, 0.15) is 227 Å². The van der Waals surface area contributed by atoms with E-state index in [0.29, 0.717) is 51.9 Å². The number of unbranched alkanes of at least 4 members (excludes halogenated alkanes) is 16. The predicted molar refractivity (Wildman–Crippen MR) is 256 cm³/mol. The van der Waals surface area contributed by atoms with Gasteiger partial charge in [-0.1, -0.05) is 130 Å². The van der Waals surface area contributed by atoms with Crippen molar-refractivity contribution in [3.8, 4) is 0 Å². The molecule has 0 heterocycles. The molecule has 0 fully saturated rings. The summed E-state index contributed by atoms with van der Waals surface area (Å²) >= 11 is 0. The third-order valence-corrected chi connectivity index (χ3v) is 11.6. The van der Waals surface area contributed by atoms with E-state index in [4.69, 9.17) is 28.4 Å². The van der Waals surface area contributed by atoms with Crippen molar-refractivity contribution in [1.82, 2.24) is 4.90 Å². The normalized spacial score (nSPS) is 11.4. The van der Waals surface area contributed by atoms with Gasteiger partial charge in [-0.25, -0.2) is 0 Å². The first-order valence-electron chi connectivity index (χ1n) is 26.0. The Bertz CT molecular complexity index is 1160. The molecule has 0 unspecified atom stereocenters. The number of nitrogens with zero attached hydrogens (tertiary/aromatic N) is 1. The van der Waals surface area contributed by atoms with Crippen LogP contribution in [0.3, 0.4) is 0 Å². The molecule has 0 aliphatic carbocycles. The summed E-state index contributed by atoms with van der Waals surface area (Å²) in [6.45, 7) is 8.84. The van der Waals surface area contributed by atoms with E-state index in [2.05, 4.69) is 27.7 Å². The Hall–Kier alpha value is -3.22. The Labute approximate surface area is 395 Å². The van der Waals surface area contributed by atoms with E-state index in [-0.39, 0.29) is 82.8 Å². The molecule has 0 saturated carbocycles. The third kappa shape index (κ3) is 39.6. The summed E-state index contributed by atoms with van der Waals surface area (Å²) in [7, 11) is 3.83. The Kier molecular flexibility index (Phi) is 41.2. The molecule has 0 N–H and O–H groups in total. The molecule has 0 aromatic heterocycles. The first-order chi connectivity index (χ1) is 31.4. The zero-order chi connectivity index (χ0) is 48.2. The SMILES string of the molecule is CCCCCCCCOC(=O)CCCCC(=O)OCC(COC(=O)CCCCC(=O)OCCCCCCCC)(COC(=O)CCCN(C)C)COC(=O)CC(CCCCC)CCCCC. The molecular weight excluding hydrogens is 831 g/mol. The van der Waals surface area contributed by atoms with Crippen LogP contribution < -0.4 is 0 Å². The summed E-state index contributed by atoms with van der Waals surface area (Å²) in [6.07, 6.45) is 24.5. The van der Waals surface area contributed by atoms with Crippen molar-refractivity contribution in [1.29, 1.82) is 0 Å². The molecule has 0 aromatic rings. The van der Waals surface area contributed by atoms with Gasteiger partial charge in [0.25, 0.3) is 0 Å². The smallest absolute Gasteiger partial charge is 0.306 e. The summed E-state index contributed by atoms with van der Waals surface area (Å²) in [5.41, 5.74) is -1.38. The van der Waals surface area contributed by atoms with E-state index in [0.717, 1.165) is 89.9 Å². The minimum atomic E-state index is -1.38. The molecular formula is C52H95NO12. The van der Waals surface area contributed by atoms with E-state index in [9.17, 15) is 28.8 Å². The molecule has 65 heavy (non-hydrogen) atoms. The van der Waals surface area contributed by atoms with Gasteiger partial charge in [0, 0.05) is 38.5 Å². The second-order valence-corrected chi connectivity index (χ2v) is 18.5. The molecule has 0 aliphatic heterocycles. The minimum absolute atomic E-state index is 0.0310. The second kappa shape index (κ2) is 43.4. The summed E-state index contributed by atoms with van der Waals surface area (Å²) in [4.78, 5) is 79.2. The molecule has 0 bridgehead atoms. The van der Waals surface area contributed by atoms with Crippen LogP contribution in [0.2, 0.25) is 0 Å². The first-order valence-corrected chi connectivity index (χ1v) is 26.0. The Morgan fingerprint density at radius 2 is 0.677 bits per heavy atom. The number of rotatable bonds is 46. The van der Waals surface area contributed by atoms with Gasteiger partial charge < -0.3 is 33.3 Å². The Morgan fingerprint density at radius 1 is 0.369 bits per heavy atom. The zero-order valence-corrected chi connectivity index (χ0v) is 42.3. The Morgan fingerprint density at radius 3 is 1.05 bits per heavy atom. The van der Waals surface area contributed by atoms with Crippen molar-refractivity contribution in [2.75, 3.05) is 60.3 Å². The monoisotopic (exact) mass is 926 g/mol. The van der Waals surface area contributed by atoms with Crippen LogP contribution in [0.25, 0.3) is 0 Å². The van der Waals surface area contributed by atoms with E-state index in [1.165, 1.54) is 38.5 Å². The van der Waals surface area contributed by atoms with Gasteiger partial charge in [-0.2, -0.15) is 0 Å². The lowest BCUT2D eigenvalue weighted by molar-refractivity contribution is -0.171. The maximum Gasteiger partial charge on any atom is 0.306 e. The molecule has 13 nitrogen and oxygen atoms in total. The third-order valence-electron chi connectivity index (χ3n) is 11.6. The average molecular weight is 926 g/mol. The topological polar surface area (TPSA) is 161 Å². The van der Waals surface area contributed by atoms with Crippen LogP contribution in [-0.4, -0.2) is 101 Å². The van der Waals surface area contributed by atoms with Crippen LogP contribution in [0.15, 0.2) is 0 Å². The summed E-state index contributed by atoms with van der Waals surface area (Å²) in [5, 5.41) is 0. The van der Waals surface area contributed by atoms with Gasteiger partial charge in [-0.15, -0.1) is 0 Å². The van der Waals surface area contributed by atoms with Crippen LogP contribution in [0.5, 0.6) is 0 Å². The fourth-order valence-corrected chi connectivity index (χ4v) is 7.31.